The summed E-state index contributed by atoms with van der Waals surface area (Å²) in [5.41, 5.74) is 0.380. The predicted octanol–water partition coefficient (Wildman–Crippen LogP) is 3.29. The number of hydrogen-bond acceptors (Lipinski definition) is 6. The van der Waals surface area contributed by atoms with E-state index in [0.29, 0.717) is 37.9 Å². The van der Waals surface area contributed by atoms with E-state index in [9.17, 15) is 9.59 Å². The molecular weight excluding hydrogens is 316 g/mol. The first-order chi connectivity index (χ1) is 11.0. The number of esters is 1. The van der Waals surface area contributed by atoms with Gasteiger partial charge in [0, 0.05) is 24.4 Å². The molecule has 0 radical (unpaired) electrons. The molecule has 128 valence electrons. The quantitative estimate of drug-likeness (QED) is 0.769. The summed E-state index contributed by atoms with van der Waals surface area (Å²) in [6.07, 6.45) is 1.45. The van der Waals surface area contributed by atoms with Crippen LogP contribution >= 0.6 is 11.3 Å². The highest BCUT2D eigenvalue weighted by Gasteiger charge is 2.27. The topological polar surface area (TPSA) is 68.7 Å². The van der Waals surface area contributed by atoms with Crippen molar-refractivity contribution in [1.82, 2.24) is 9.88 Å². The van der Waals surface area contributed by atoms with E-state index >= 15 is 0 Å². The largest absolute Gasteiger partial charge is 0.461 e. The van der Waals surface area contributed by atoms with Gasteiger partial charge < -0.3 is 14.4 Å². The van der Waals surface area contributed by atoms with Crippen LogP contribution in [-0.4, -0.2) is 48.2 Å². The molecule has 0 bridgehead atoms. The molecule has 2 rings (SSSR count). The average molecular weight is 340 g/mol. The van der Waals surface area contributed by atoms with Crippen molar-refractivity contribution < 1.29 is 19.1 Å². The van der Waals surface area contributed by atoms with Crippen LogP contribution in [0.3, 0.4) is 0 Å². The molecule has 0 spiro atoms. The Morgan fingerprint density at radius 2 is 2.04 bits per heavy atom. The molecule has 1 aromatic heterocycles. The maximum atomic E-state index is 11.9. The van der Waals surface area contributed by atoms with Gasteiger partial charge in [-0.3, -0.25) is 0 Å². The molecule has 0 atom stereocenters. The van der Waals surface area contributed by atoms with Crippen molar-refractivity contribution in [2.45, 2.75) is 39.5 Å². The van der Waals surface area contributed by atoms with E-state index in [1.165, 1.54) is 11.3 Å². The Labute approximate surface area is 140 Å². The molecule has 0 saturated carbocycles. The second-order valence-corrected chi connectivity index (χ2v) is 6.91. The highest BCUT2D eigenvalue weighted by molar-refractivity contribution is 7.09. The van der Waals surface area contributed by atoms with Crippen molar-refractivity contribution in [1.29, 1.82) is 0 Å². The smallest absolute Gasteiger partial charge is 0.409 e. The van der Waals surface area contributed by atoms with Crippen molar-refractivity contribution in [3.63, 3.8) is 0 Å². The molecule has 1 aliphatic heterocycles. The summed E-state index contributed by atoms with van der Waals surface area (Å²) >= 11 is 1.49. The van der Waals surface area contributed by atoms with Gasteiger partial charge in [-0.05, 0) is 25.7 Å². The zero-order valence-corrected chi connectivity index (χ0v) is 14.7. The molecule has 0 N–H and O–H groups in total. The summed E-state index contributed by atoms with van der Waals surface area (Å²) in [6.45, 7) is 7.94. The Bertz CT molecular complexity index is 536. The van der Waals surface area contributed by atoms with Gasteiger partial charge in [-0.15, -0.1) is 11.3 Å². The standard InChI is InChI=1S/C16H24N2O4S/c1-4-21-15(19)13-10-23-14(17-13)12-5-7-18(8-6-12)16(20)22-9-11(2)3/h10-12H,4-9H2,1-3H3. The van der Waals surface area contributed by atoms with Crippen LogP contribution in [0.1, 0.15) is 55.0 Å². The number of carbonyl (C=O) groups excluding carboxylic acids is 2. The Hall–Kier alpha value is -1.63. The second kappa shape index (κ2) is 8.29. The SMILES string of the molecule is CCOC(=O)c1csc(C2CCN(C(=O)OCC(C)C)CC2)n1. The highest BCUT2D eigenvalue weighted by atomic mass is 32.1. The third-order valence-corrected chi connectivity index (χ3v) is 4.66. The van der Waals surface area contributed by atoms with Crippen molar-refractivity contribution in [3.8, 4) is 0 Å². The first-order valence-corrected chi connectivity index (χ1v) is 8.93. The van der Waals surface area contributed by atoms with E-state index in [1.807, 2.05) is 13.8 Å². The Morgan fingerprint density at radius 1 is 1.35 bits per heavy atom. The van der Waals surface area contributed by atoms with Crippen LogP contribution in [0.5, 0.6) is 0 Å². The van der Waals surface area contributed by atoms with Crippen molar-refractivity contribution >= 4 is 23.4 Å². The van der Waals surface area contributed by atoms with Crippen LogP contribution in [0.25, 0.3) is 0 Å². The Kier molecular flexibility index (Phi) is 6.38. The lowest BCUT2D eigenvalue weighted by atomic mass is 9.98. The fourth-order valence-corrected chi connectivity index (χ4v) is 3.37. The number of piperidine rings is 1. The van der Waals surface area contributed by atoms with E-state index < -0.39 is 0 Å². The summed E-state index contributed by atoms with van der Waals surface area (Å²) in [5, 5.41) is 2.69. The first-order valence-electron chi connectivity index (χ1n) is 8.05. The number of hydrogen-bond donors (Lipinski definition) is 0. The molecule has 6 nitrogen and oxygen atoms in total. The van der Waals surface area contributed by atoms with Gasteiger partial charge in [0.15, 0.2) is 5.69 Å². The van der Waals surface area contributed by atoms with E-state index in [-0.39, 0.29) is 18.0 Å². The van der Waals surface area contributed by atoms with Crippen LogP contribution in [0, 0.1) is 5.92 Å². The van der Waals surface area contributed by atoms with Crippen LogP contribution in [-0.2, 0) is 9.47 Å². The first kappa shape index (κ1) is 17.7. The van der Waals surface area contributed by atoms with E-state index in [4.69, 9.17) is 9.47 Å². The molecule has 1 saturated heterocycles. The molecule has 1 aromatic rings. The van der Waals surface area contributed by atoms with E-state index in [1.54, 1.807) is 17.2 Å². The third-order valence-electron chi connectivity index (χ3n) is 3.65. The van der Waals surface area contributed by atoms with E-state index in [0.717, 1.165) is 17.8 Å². The normalized spacial score (nSPS) is 15.7. The van der Waals surface area contributed by atoms with Gasteiger partial charge in [-0.25, -0.2) is 14.6 Å². The molecule has 1 fully saturated rings. The average Bonchev–Trinajstić information content (AvgIpc) is 3.03. The molecule has 0 aromatic carbocycles. The third kappa shape index (κ3) is 4.92. The lowest BCUT2D eigenvalue weighted by Crippen LogP contribution is -2.38. The van der Waals surface area contributed by atoms with Gasteiger partial charge in [0.1, 0.15) is 0 Å². The zero-order chi connectivity index (χ0) is 16.8. The summed E-state index contributed by atoms with van der Waals surface area (Å²) in [5.74, 6) is 0.259. The van der Waals surface area contributed by atoms with Crippen molar-refractivity contribution in [2.24, 2.45) is 5.92 Å². The molecule has 0 unspecified atom stereocenters. The number of thiazole rings is 1. The fourth-order valence-electron chi connectivity index (χ4n) is 2.41. The highest BCUT2D eigenvalue weighted by Crippen LogP contribution is 2.30. The molecular formula is C16H24N2O4S. The van der Waals surface area contributed by atoms with Crippen LogP contribution in [0.2, 0.25) is 0 Å². The lowest BCUT2D eigenvalue weighted by molar-refractivity contribution is 0.0520. The molecule has 1 amide bonds. The zero-order valence-electron chi connectivity index (χ0n) is 13.9. The summed E-state index contributed by atoms with van der Waals surface area (Å²) in [7, 11) is 0. The molecule has 0 aliphatic carbocycles. The Balaban J connectivity index is 1.84. The van der Waals surface area contributed by atoms with E-state index in [2.05, 4.69) is 4.98 Å². The molecule has 1 aliphatic rings. The molecule has 23 heavy (non-hydrogen) atoms. The predicted molar refractivity (Wildman–Crippen MR) is 87.8 cm³/mol. The number of aromatic nitrogens is 1. The maximum Gasteiger partial charge on any atom is 0.409 e. The fraction of sp³-hybridized carbons (Fsp3) is 0.688. The minimum Gasteiger partial charge on any atom is -0.461 e. The van der Waals surface area contributed by atoms with Crippen LogP contribution in [0.15, 0.2) is 5.38 Å². The van der Waals surface area contributed by atoms with Crippen molar-refractivity contribution in [3.05, 3.63) is 16.1 Å². The number of likely N-dealkylation sites (tertiary alicyclic amines) is 1. The van der Waals surface area contributed by atoms with Gasteiger partial charge in [-0.1, -0.05) is 13.8 Å². The number of amides is 1. The van der Waals surface area contributed by atoms with Crippen LogP contribution in [0.4, 0.5) is 4.79 Å². The number of ether oxygens (including phenoxy) is 2. The minimum atomic E-state index is -0.371. The minimum absolute atomic E-state index is 0.233. The summed E-state index contributed by atoms with van der Waals surface area (Å²) < 4.78 is 10.2. The van der Waals surface area contributed by atoms with Gasteiger partial charge in [-0.2, -0.15) is 0 Å². The molecule has 2 heterocycles. The van der Waals surface area contributed by atoms with Gasteiger partial charge in [0.25, 0.3) is 0 Å². The second-order valence-electron chi connectivity index (χ2n) is 6.02. The summed E-state index contributed by atoms with van der Waals surface area (Å²) in [6, 6.07) is 0. The van der Waals surface area contributed by atoms with Crippen molar-refractivity contribution in [2.75, 3.05) is 26.3 Å². The van der Waals surface area contributed by atoms with Gasteiger partial charge in [0.2, 0.25) is 0 Å². The summed E-state index contributed by atoms with van der Waals surface area (Å²) in [4.78, 5) is 29.7. The van der Waals surface area contributed by atoms with Crippen LogP contribution < -0.4 is 0 Å². The maximum absolute atomic E-state index is 11.9. The van der Waals surface area contributed by atoms with Gasteiger partial charge in [0.05, 0.1) is 18.2 Å². The molecule has 7 heteroatoms. The number of carbonyl (C=O) groups is 2. The number of rotatable bonds is 5. The van der Waals surface area contributed by atoms with Gasteiger partial charge >= 0.3 is 12.1 Å². The monoisotopic (exact) mass is 340 g/mol. The Morgan fingerprint density at radius 3 is 2.65 bits per heavy atom. The number of nitrogens with zero attached hydrogens (tertiary/aromatic N) is 2. The lowest BCUT2D eigenvalue weighted by Gasteiger charge is -2.30.